The number of halogens is 1. The van der Waals surface area contributed by atoms with Crippen LogP contribution >= 0.6 is 11.6 Å². The van der Waals surface area contributed by atoms with E-state index in [0.29, 0.717) is 11.4 Å². The van der Waals surface area contributed by atoms with Gasteiger partial charge in [-0.1, -0.05) is 30.7 Å². The summed E-state index contributed by atoms with van der Waals surface area (Å²) in [5.41, 5.74) is 3.42. The molecule has 0 radical (unpaired) electrons. The number of hydrogen-bond donors (Lipinski definition) is 0. The Hall–Kier alpha value is -1.41. The Morgan fingerprint density at radius 2 is 2.18 bits per heavy atom. The van der Waals surface area contributed by atoms with Gasteiger partial charge in [0.1, 0.15) is 0 Å². The fourth-order valence-electron chi connectivity index (χ4n) is 2.06. The van der Waals surface area contributed by atoms with E-state index < -0.39 is 0 Å². The van der Waals surface area contributed by atoms with Gasteiger partial charge in [-0.05, 0) is 31.0 Å². The molecule has 0 aliphatic carbocycles. The van der Waals surface area contributed by atoms with Crippen molar-refractivity contribution in [2.75, 3.05) is 0 Å². The first-order valence-electron chi connectivity index (χ1n) is 5.68. The van der Waals surface area contributed by atoms with Crippen molar-refractivity contribution in [2.24, 2.45) is 4.99 Å². The van der Waals surface area contributed by atoms with Crippen molar-refractivity contribution in [3.8, 4) is 0 Å². The standard InChI is InChI=1S/C14H14ClNO/c1-3-12-9(2)16-13(8-14(12)17)10-5-4-6-11(15)7-10/h4-7H,3,8H2,1-2H3. The average Bonchev–Trinajstić information content (AvgIpc) is 2.28. The predicted molar refractivity (Wildman–Crippen MR) is 70.6 cm³/mol. The second-order valence-corrected chi connectivity index (χ2v) is 4.52. The van der Waals surface area contributed by atoms with Crippen molar-refractivity contribution in [2.45, 2.75) is 26.7 Å². The van der Waals surface area contributed by atoms with Crippen LogP contribution in [0.25, 0.3) is 0 Å². The molecule has 0 saturated heterocycles. The number of Topliss-reactive ketones (excluding diaryl/α,β-unsaturated/α-hetero) is 1. The maximum Gasteiger partial charge on any atom is 0.166 e. The number of allylic oxidation sites excluding steroid dienone is 2. The number of hydrogen-bond acceptors (Lipinski definition) is 2. The zero-order valence-electron chi connectivity index (χ0n) is 9.96. The molecule has 1 heterocycles. The molecule has 0 spiro atoms. The number of benzene rings is 1. The lowest BCUT2D eigenvalue weighted by atomic mass is 9.95. The van der Waals surface area contributed by atoms with Crippen LogP contribution in [-0.2, 0) is 4.79 Å². The predicted octanol–water partition coefficient (Wildman–Crippen LogP) is 3.79. The molecule has 0 unspecified atom stereocenters. The molecule has 2 nitrogen and oxygen atoms in total. The first kappa shape index (κ1) is 12.1. The van der Waals surface area contributed by atoms with Crippen molar-refractivity contribution in [3.05, 3.63) is 46.1 Å². The van der Waals surface area contributed by atoms with Gasteiger partial charge in [0.15, 0.2) is 5.78 Å². The quantitative estimate of drug-likeness (QED) is 0.782. The van der Waals surface area contributed by atoms with Crippen molar-refractivity contribution in [1.82, 2.24) is 0 Å². The van der Waals surface area contributed by atoms with Gasteiger partial charge in [-0.3, -0.25) is 9.79 Å². The summed E-state index contributed by atoms with van der Waals surface area (Å²) in [7, 11) is 0. The monoisotopic (exact) mass is 247 g/mol. The summed E-state index contributed by atoms with van der Waals surface area (Å²) in [6.07, 6.45) is 1.12. The minimum atomic E-state index is 0.176. The average molecular weight is 248 g/mol. The third-order valence-electron chi connectivity index (χ3n) is 2.92. The largest absolute Gasteiger partial charge is 0.294 e. The van der Waals surface area contributed by atoms with Crippen LogP contribution < -0.4 is 0 Å². The van der Waals surface area contributed by atoms with Crippen molar-refractivity contribution >= 4 is 23.1 Å². The number of carbonyl (C=O) groups excluding carboxylic acids is 1. The highest BCUT2D eigenvalue weighted by atomic mass is 35.5. The summed E-state index contributed by atoms with van der Waals surface area (Å²) in [5.74, 6) is 0.176. The fourth-order valence-corrected chi connectivity index (χ4v) is 2.25. The van der Waals surface area contributed by atoms with Crippen molar-refractivity contribution in [1.29, 1.82) is 0 Å². The van der Waals surface area contributed by atoms with Crippen molar-refractivity contribution in [3.63, 3.8) is 0 Å². The Bertz CT molecular complexity index is 529. The second-order valence-electron chi connectivity index (χ2n) is 4.09. The van der Waals surface area contributed by atoms with Gasteiger partial charge in [0.05, 0.1) is 12.1 Å². The van der Waals surface area contributed by atoms with E-state index in [2.05, 4.69) is 4.99 Å². The Balaban J connectivity index is 2.43. The molecule has 0 fully saturated rings. The van der Waals surface area contributed by atoms with Crippen LogP contribution in [0.2, 0.25) is 5.02 Å². The van der Waals surface area contributed by atoms with Gasteiger partial charge < -0.3 is 0 Å². The molecule has 0 saturated carbocycles. The normalized spacial score (nSPS) is 16.2. The first-order chi connectivity index (χ1) is 8.11. The number of nitrogens with zero attached hydrogens (tertiary/aromatic N) is 1. The zero-order chi connectivity index (χ0) is 12.4. The summed E-state index contributed by atoms with van der Waals surface area (Å²) in [5, 5.41) is 0.667. The van der Waals surface area contributed by atoms with Crippen LogP contribution in [0.15, 0.2) is 40.5 Å². The lowest BCUT2D eigenvalue weighted by Crippen LogP contribution is -2.17. The number of rotatable bonds is 2. The molecule has 1 aliphatic rings. The molecule has 0 atom stereocenters. The topological polar surface area (TPSA) is 29.4 Å². The molecule has 1 aliphatic heterocycles. The molecule has 1 aromatic rings. The molecule has 0 bridgehead atoms. The number of carbonyl (C=O) groups is 1. The number of ketones is 1. The van der Waals surface area contributed by atoms with Gasteiger partial charge in [0.25, 0.3) is 0 Å². The molecule has 88 valence electrons. The van der Waals surface area contributed by atoms with Crippen LogP contribution in [0.4, 0.5) is 0 Å². The Morgan fingerprint density at radius 1 is 1.41 bits per heavy atom. The molecule has 0 amide bonds. The van der Waals surface area contributed by atoms with E-state index in [-0.39, 0.29) is 5.78 Å². The third-order valence-corrected chi connectivity index (χ3v) is 3.15. The fraction of sp³-hybridized carbons (Fsp3) is 0.286. The highest BCUT2D eigenvalue weighted by molar-refractivity contribution is 6.31. The SMILES string of the molecule is CCC1=C(C)N=C(c2cccc(Cl)c2)CC1=O. The van der Waals surface area contributed by atoms with E-state index in [1.165, 1.54) is 0 Å². The highest BCUT2D eigenvalue weighted by Gasteiger charge is 2.20. The van der Waals surface area contributed by atoms with Gasteiger partial charge in [-0.25, -0.2) is 0 Å². The summed E-state index contributed by atoms with van der Waals surface area (Å²) in [6.45, 7) is 3.87. The highest BCUT2D eigenvalue weighted by Crippen LogP contribution is 2.23. The zero-order valence-corrected chi connectivity index (χ0v) is 10.7. The second kappa shape index (κ2) is 4.84. The summed E-state index contributed by atoms with van der Waals surface area (Å²) < 4.78 is 0. The van der Waals surface area contributed by atoms with Crippen LogP contribution in [0.3, 0.4) is 0 Å². The smallest absolute Gasteiger partial charge is 0.166 e. The van der Waals surface area contributed by atoms with Crippen LogP contribution in [-0.4, -0.2) is 11.5 Å². The molecular formula is C14H14ClNO. The van der Waals surface area contributed by atoms with E-state index in [0.717, 1.165) is 29.0 Å². The molecular weight excluding hydrogens is 234 g/mol. The van der Waals surface area contributed by atoms with E-state index >= 15 is 0 Å². The van der Waals surface area contributed by atoms with E-state index in [9.17, 15) is 4.79 Å². The summed E-state index contributed by atoms with van der Waals surface area (Å²) >= 11 is 5.94. The van der Waals surface area contributed by atoms with Gasteiger partial charge in [-0.2, -0.15) is 0 Å². The van der Waals surface area contributed by atoms with E-state index in [1.54, 1.807) is 0 Å². The van der Waals surface area contributed by atoms with Gasteiger partial charge in [0, 0.05) is 16.3 Å². The molecule has 17 heavy (non-hydrogen) atoms. The molecule has 2 rings (SSSR count). The summed E-state index contributed by atoms with van der Waals surface area (Å²) in [4.78, 5) is 16.4. The van der Waals surface area contributed by atoms with Crippen LogP contribution in [0.1, 0.15) is 32.3 Å². The minimum Gasteiger partial charge on any atom is -0.294 e. The summed E-state index contributed by atoms with van der Waals surface area (Å²) in [6, 6.07) is 7.47. The minimum absolute atomic E-state index is 0.176. The van der Waals surface area contributed by atoms with Gasteiger partial charge in [-0.15, -0.1) is 0 Å². The number of aliphatic imine (C=N–C) groups is 1. The third kappa shape index (κ3) is 2.47. The van der Waals surface area contributed by atoms with E-state index in [4.69, 9.17) is 11.6 Å². The Morgan fingerprint density at radius 3 is 2.76 bits per heavy atom. The maximum atomic E-state index is 11.9. The maximum absolute atomic E-state index is 11.9. The van der Waals surface area contributed by atoms with E-state index in [1.807, 2.05) is 38.1 Å². The lowest BCUT2D eigenvalue weighted by Gasteiger charge is -2.15. The Kier molecular flexibility index (Phi) is 3.43. The lowest BCUT2D eigenvalue weighted by molar-refractivity contribution is -0.114. The molecule has 3 heteroatoms. The molecule has 0 N–H and O–H groups in total. The van der Waals surface area contributed by atoms with Crippen LogP contribution in [0, 0.1) is 0 Å². The van der Waals surface area contributed by atoms with Crippen LogP contribution in [0.5, 0.6) is 0 Å². The molecule has 1 aromatic carbocycles. The molecule has 0 aromatic heterocycles. The Labute approximate surface area is 106 Å². The van der Waals surface area contributed by atoms with Gasteiger partial charge in [0.2, 0.25) is 0 Å². The van der Waals surface area contributed by atoms with Gasteiger partial charge >= 0.3 is 0 Å². The van der Waals surface area contributed by atoms with Crippen molar-refractivity contribution < 1.29 is 4.79 Å². The first-order valence-corrected chi connectivity index (χ1v) is 6.06.